The Morgan fingerprint density at radius 2 is 1.71 bits per heavy atom. The van der Waals surface area contributed by atoms with Gasteiger partial charge in [-0.1, -0.05) is 24.3 Å². The van der Waals surface area contributed by atoms with E-state index in [9.17, 15) is 13.5 Å². The van der Waals surface area contributed by atoms with E-state index in [0.717, 1.165) is 28.2 Å². The van der Waals surface area contributed by atoms with Gasteiger partial charge in [-0.05, 0) is 30.7 Å². The van der Waals surface area contributed by atoms with Crippen molar-refractivity contribution in [3.63, 3.8) is 0 Å². The molecule has 2 unspecified atom stereocenters. The molecule has 0 bridgehead atoms. The summed E-state index contributed by atoms with van der Waals surface area (Å²) in [6.07, 6.45) is 0.0743. The molecule has 2 atom stereocenters. The Morgan fingerprint density at radius 1 is 1.05 bits per heavy atom. The summed E-state index contributed by atoms with van der Waals surface area (Å²) < 4.78 is 28.9. The standard InChI is InChI=1S/C16H16O4S/c1-10(21(2,18)19)16(17)11-7-8-15-13(9-11)12-5-3-4-6-14(12)20-15/h3-10,16-17H,1-2H3. The summed E-state index contributed by atoms with van der Waals surface area (Å²) in [4.78, 5) is 0. The molecule has 110 valence electrons. The number of hydrogen-bond acceptors (Lipinski definition) is 4. The third kappa shape index (κ3) is 2.43. The lowest BCUT2D eigenvalue weighted by Crippen LogP contribution is -2.24. The van der Waals surface area contributed by atoms with Crippen LogP contribution in [0, 0.1) is 0 Å². The van der Waals surface area contributed by atoms with Crippen LogP contribution in [0.2, 0.25) is 0 Å². The van der Waals surface area contributed by atoms with E-state index in [4.69, 9.17) is 4.42 Å². The summed E-state index contributed by atoms with van der Waals surface area (Å²) >= 11 is 0. The molecule has 0 aliphatic rings. The number of benzene rings is 2. The molecule has 0 saturated heterocycles. The average molecular weight is 304 g/mol. The molecule has 5 heteroatoms. The van der Waals surface area contributed by atoms with Crippen LogP contribution in [0.1, 0.15) is 18.6 Å². The Bertz CT molecular complexity index is 908. The highest BCUT2D eigenvalue weighted by Crippen LogP contribution is 2.32. The van der Waals surface area contributed by atoms with Gasteiger partial charge in [-0.25, -0.2) is 8.42 Å². The van der Waals surface area contributed by atoms with Crippen LogP contribution in [0.4, 0.5) is 0 Å². The van der Waals surface area contributed by atoms with Gasteiger partial charge in [0, 0.05) is 17.0 Å². The SMILES string of the molecule is CC(C(O)c1ccc2oc3ccccc3c2c1)S(C)(=O)=O. The van der Waals surface area contributed by atoms with Gasteiger partial charge in [0.1, 0.15) is 11.2 Å². The van der Waals surface area contributed by atoms with Crippen molar-refractivity contribution >= 4 is 31.8 Å². The number of hydrogen-bond donors (Lipinski definition) is 1. The maximum absolute atomic E-state index is 11.6. The zero-order valence-electron chi connectivity index (χ0n) is 11.8. The van der Waals surface area contributed by atoms with Crippen molar-refractivity contribution < 1.29 is 17.9 Å². The van der Waals surface area contributed by atoms with Crippen LogP contribution in [0.25, 0.3) is 21.9 Å². The molecule has 0 saturated carbocycles. The van der Waals surface area contributed by atoms with Gasteiger partial charge in [-0.2, -0.15) is 0 Å². The first kappa shape index (κ1) is 14.1. The first-order valence-corrected chi connectivity index (χ1v) is 8.61. The number of aliphatic hydroxyl groups excluding tert-OH is 1. The lowest BCUT2D eigenvalue weighted by atomic mass is 10.0. The number of rotatable bonds is 3. The lowest BCUT2D eigenvalue weighted by molar-refractivity contribution is 0.176. The summed E-state index contributed by atoms with van der Waals surface area (Å²) in [6.45, 7) is 1.51. The van der Waals surface area contributed by atoms with Crippen molar-refractivity contribution in [2.45, 2.75) is 18.3 Å². The van der Waals surface area contributed by atoms with E-state index in [2.05, 4.69) is 0 Å². The summed E-state index contributed by atoms with van der Waals surface area (Å²) in [7, 11) is -3.31. The van der Waals surface area contributed by atoms with Crippen molar-refractivity contribution in [1.82, 2.24) is 0 Å². The Morgan fingerprint density at radius 3 is 2.43 bits per heavy atom. The smallest absolute Gasteiger partial charge is 0.152 e. The van der Waals surface area contributed by atoms with Gasteiger partial charge < -0.3 is 9.52 Å². The number of fused-ring (bicyclic) bond motifs is 3. The molecule has 0 aliphatic heterocycles. The molecule has 1 aromatic heterocycles. The van der Waals surface area contributed by atoms with E-state index in [0.29, 0.717) is 5.56 Å². The van der Waals surface area contributed by atoms with Crippen LogP contribution in [-0.2, 0) is 9.84 Å². The van der Waals surface area contributed by atoms with Crippen LogP contribution >= 0.6 is 0 Å². The molecule has 0 fully saturated rings. The minimum atomic E-state index is -3.31. The molecule has 0 aliphatic carbocycles. The zero-order chi connectivity index (χ0) is 15.2. The quantitative estimate of drug-likeness (QED) is 0.807. The molecule has 1 N–H and O–H groups in total. The van der Waals surface area contributed by atoms with Gasteiger partial charge >= 0.3 is 0 Å². The summed E-state index contributed by atoms with van der Waals surface area (Å²) in [5, 5.41) is 11.3. The Labute approximate surface area is 122 Å². The average Bonchev–Trinajstić information content (AvgIpc) is 2.82. The van der Waals surface area contributed by atoms with Gasteiger partial charge in [0.2, 0.25) is 0 Å². The molecule has 1 heterocycles. The predicted octanol–water partition coefficient (Wildman–Crippen LogP) is 3.05. The number of aliphatic hydroxyl groups is 1. The van der Waals surface area contributed by atoms with Crippen LogP contribution in [0.15, 0.2) is 46.9 Å². The Kier molecular flexibility index (Phi) is 3.26. The van der Waals surface area contributed by atoms with Crippen LogP contribution in [0.3, 0.4) is 0 Å². The second kappa shape index (κ2) is 4.86. The third-order valence-corrected chi connectivity index (χ3v) is 5.47. The van der Waals surface area contributed by atoms with Crippen LogP contribution < -0.4 is 0 Å². The molecule has 2 aromatic carbocycles. The molecule has 0 spiro atoms. The van der Waals surface area contributed by atoms with Gasteiger partial charge in [0.25, 0.3) is 0 Å². The van der Waals surface area contributed by atoms with E-state index in [-0.39, 0.29) is 0 Å². The molecular formula is C16H16O4S. The molecule has 0 amide bonds. The highest BCUT2D eigenvalue weighted by Gasteiger charge is 2.25. The number of sulfone groups is 1. The summed E-state index contributed by atoms with van der Waals surface area (Å²) in [5.41, 5.74) is 2.07. The first-order chi connectivity index (χ1) is 9.88. The van der Waals surface area contributed by atoms with Gasteiger partial charge in [0.15, 0.2) is 9.84 Å². The fourth-order valence-electron chi connectivity index (χ4n) is 2.43. The molecule has 0 radical (unpaired) electrons. The topological polar surface area (TPSA) is 67.5 Å². The third-order valence-electron chi connectivity index (χ3n) is 3.86. The maximum Gasteiger partial charge on any atom is 0.152 e. The molecule has 21 heavy (non-hydrogen) atoms. The van der Waals surface area contributed by atoms with Crippen molar-refractivity contribution in [1.29, 1.82) is 0 Å². The normalized spacial score (nSPS) is 15.4. The molecular weight excluding hydrogens is 288 g/mol. The largest absolute Gasteiger partial charge is 0.456 e. The van der Waals surface area contributed by atoms with Crippen LogP contribution in [0.5, 0.6) is 0 Å². The molecule has 4 nitrogen and oxygen atoms in total. The first-order valence-electron chi connectivity index (χ1n) is 6.66. The van der Waals surface area contributed by atoms with E-state index in [1.54, 1.807) is 18.2 Å². The van der Waals surface area contributed by atoms with E-state index in [1.807, 2.05) is 24.3 Å². The number of para-hydroxylation sites is 1. The zero-order valence-corrected chi connectivity index (χ0v) is 12.6. The monoisotopic (exact) mass is 304 g/mol. The van der Waals surface area contributed by atoms with Crippen LogP contribution in [-0.4, -0.2) is 25.0 Å². The van der Waals surface area contributed by atoms with E-state index in [1.165, 1.54) is 6.92 Å². The predicted molar refractivity (Wildman–Crippen MR) is 83.0 cm³/mol. The van der Waals surface area contributed by atoms with Crippen molar-refractivity contribution in [3.05, 3.63) is 48.0 Å². The lowest BCUT2D eigenvalue weighted by Gasteiger charge is -2.17. The van der Waals surface area contributed by atoms with Gasteiger partial charge in [-0.15, -0.1) is 0 Å². The minimum Gasteiger partial charge on any atom is -0.456 e. The summed E-state index contributed by atoms with van der Waals surface area (Å²) in [5.74, 6) is 0. The Balaban J connectivity index is 2.14. The van der Waals surface area contributed by atoms with Crippen molar-refractivity contribution in [2.75, 3.05) is 6.26 Å². The second-order valence-corrected chi connectivity index (χ2v) is 7.74. The fraction of sp³-hybridized carbons (Fsp3) is 0.250. The number of furan rings is 1. The Hall–Kier alpha value is -1.85. The highest BCUT2D eigenvalue weighted by molar-refractivity contribution is 7.91. The van der Waals surface area contributed by atoms with Gasteiger partial charge in [0.05, 0.1) is 11.4 Å². The maximum atomic E-state index is 11.6. The van der Waals surface area contributed by atoms with Crippen molar-refractivity contribution in [2.24, 2.45) is 0 Å². The second-order valence-electron chi connectivity index (χ2n) is 5.33. The van der Waals surface area contributed by atoms with E-state index < -0.39 is 21.2 Å². The summed E-state index contributed by atoms with van der Waals surface area (Å²) in [6, 6.07) is 12.9. The van der Waals surface area contributed by atoms with E-state index >= 15 is 0 Å². The van der Waals surface area contributed by atoms with Crippen molar-refractivity contribution in [3.8, 4) is 0 Å². The fourth-order valence-corrected chi connectivity index (χ4v) is 3.06. The minimum absolute atomic E-state index is 0.576. The van der Waals surface area contributed by atoms with Gasteiger partial charge in [-0.3, -0.25) is 0 Å². The molecule has 3 rings (SSSR count). The highest BCUT2D eigenvalue weighted by atomic mass is 32.2. The molecule has 3 aromatic rings.